The van der Waals surface area contributed by atoms with Crippen molar-refractivity contribution >= 4 is 11.9 Å². The zero-order chi connectivity index (χ0) is 23.8. The van der Waals surface area contributed by atoms with Gasteiger partial charge in [0.25, 0.3) is 0 Å². The standard InChI is InChI=1S/C26H34N2O5/c1-5-28(33-22-10-8-9-21(17-22)31-3)24-12-7-6-11-23(24)25(29)27-18(2)19-13-15-20(16-14-19)26(30)32-4/h8-10,13-18,23-24H,5-7,11-12H2,1-4H3,(H,27,29)/t18-,23?,24?/m0/s1. The van der Waals surface area contributed by atoms with Gasteiger partial charge in [0.1, 0.15) is 5.75 Å². The molecule has 1 aliphatic carbocycles. The number of esters is 1. The van der Waals surface area contributed by atoms with Gasteiger partial charge >= 0.3 is 5.97 Å². The first-order valence-electron chi connectivity index (χ1n) is 11.5. The van der Waals surface area contributed by atoms with E-state index in [9.17, 15) is 9.59 Å². The summed E-state index contributed by atoms with van der Waals surface area (Å²) >= 11 is 0. The van der Waals surface area contributed by atoms with E-state index in [2.05, 4.69) is 5.32 Å². The molecule has 0 saturated heterocycles. The van der Waals surface area contributed by atoms with Crippen LogP contribution in [0, 0.1) is 5.92 Å². The van der Waals surface area contributed by atoms with Crippen molar-refractivity contribution < 1.29 is 23.9 Å². The minimum atomic E-state index is -0.376. The molecule has 178 valence electrons. The summed E-state index contributed by atoms with van der Waals surface area (Å²) in [5.41, 5.74) is 1.42. The topological polar surface area (TPSA) is 77.1 Å². The van der Waals surface area contributed by atoms with Gasteiger partial charge in [0.05, 0.1) is 37.8 Å². The van der Waals surface area contributed by atoms with Crippen molar-refractivity contribution in [2.75, 3.05) is 20.8 Å². The fraction of sp³-hybridized carbons (Fsp3) is 0.462. The van der Waals surface area contributed by atoms with Gasteiger partial charge in [-0.3, -0.25) is 4.79 Å². The Labute approximate surface area is 196 Å². The third-order valence-electron chi connectivity index (χ3n) is 6.20. The second kappa shape index (κ2) is 11.7. The minimum Gasteiger partial charge on any atom is -0.497 e. The number of benzene rings is 2. The summed E-state index contributed by atoms with van der Waals surface area (Å²) in [5.74, 6) is 0.908. The molecular weight excluding hydrogens is 420 g/mol. The predicted octanol–water partition coefficient (Wildman–Crippen LogP) is 4.53. The lowest BCUT2D eigenvalue weighted by Gasteiger charge is -2.38. The van der Waals surface area contributed by atoms with Gasteiger partial charge in [-0.05, 0) is 56.5 Å². The lowest BCUT2D eigenvalue weighted by atomic mass is 9.83. The normalized spacial score (nSPS) is 18.9. The highest BCUT2D eigenvalue weighted by Gasteiger charge is 2.36. The van der Waals surface area contributed by atoms with E-state index in [1.165, 1.54) is 7.11 Å². The molecule has 3 atom stereocenters. The van der Waals surface area contributed by atoms with E-state index in [1.807, 2.05) is 55.3 Å². The molecule has 1 N–H and O–H groups in total. The molecule has 1 saturated carbocycles. The second-order valence-electron chi connectivity index (χ2n) is 8.31. The zero-order valence-electron chi connectivity index (χ0n) is 19.9. The molecule has 0 bridgehead atoms. The first kappa shape index (κ1) is 24.6. The highest BCUT2D eigenvalue weighted by atomic mass is 16.7. The number of carbonyl (C=O) groups excluding carboxylic acids is 2. The average Bonchev–Trinajstić information content (AvgIpc) is 2.86. The van der Waals surface area contributed by atoms with Gasteiger partial charge in [-0.2, -0.15) is 0 Å². The quantitative estimate of drug-likeness (QED) is 0.443. The number of hydrogen-bond donors (Lipinski definition) is 1. The van der Waals surface area contributed by atoms with Crippen LogP contribution < -0.4 is 14.9 Å². The Morgan fingerprint density at radius 2 is 1.76 bits per heavy atom. The molecule has 7 heteroatoms. The van der Waals surface area contributed by atoms with Crippen LogP contribution in [0.1, 0.15) is 61.5 Å². The number of nitrogens with one attached hydrogen (secondary N) is 1. The average molecular weight is 455 g/mol. The van der Waals surface area contributed by atoms with Gasteiger partial charge in [0.2, 0.25) is 5.91 Å². The van der Waals surface area contributed by atoms with Crippen molar-refractivity contribution in [1.29, 1.82) is 0 Å². The first-order chi connectivity index (χ1) is 16.0. The molecule has 2 aromatic rings. The number of nitrogens with zero attached hydrogens (tertiary/aromatic N) is 1. The van der Waals surface area contributed by atoms with Gasteiger partial charge < -0.3 is 19.6 Å². The Hall–Kier alpha value is -3.06. The van der Waals surface area contributed by atoms with Gasteiger partial charge in [0, 0.05) is 12.6 Å². The molecule has 1 fully saturated rings. The zero-order valence-corrected chi connectivity index (χ0v) is 19.9. The van der Waals surface area contributed by atoms with Crippen LogP contribution >= 0.6 is 0 Å². The van der Waals surface area contributed by atoms with Crippen molar-refractivity contribution in [3.63, 3.8) is 0 Å². The van der Waals surface area contributed by atoms with Crippen molar-refractivity contribution in [2.45, 2.75) is 51.6 Å². The molecule has 0 radical (unpaired) electrons. The molecule has 1 aliphatic rings. The van der Waals surface area contributed by atoms with Crippen LogP contribution in [0.5, 0.6) is 11.5 Å². The molecular formula is C26H34N2O5. The number of rotatable bonds is 9. The van der Waals surface area contributed by atoms with E-state index >= 15 is 0 Å². The van der Waals surface area contributed by atoms with E-state index < -0.39 is 0 Å². The predicted molar refractivity (Wildman–Crippen MR) is 126 cm³/mol. The smallest absolute Gasteiger partial charge is 0.337 e. The van der Waals surface area contributed by atoms with Crippen molar-refractivity contribution in [2.24, 2.45) is 5.92 Å². The molecule has 2 unspecified atom stereocenters. The van der Waals surface area contributed by atoms with Gasteiger partial charge in [-0.1, -0.05) is 31.0 Å². The van der Waals surface area contributed by atoms with Gasteiger partial charge in [-0.25, -0.2) is 4.79 Å². The number of methoxy groups -OCH3 is 2. The summed E-state index contributed by atoms with van der Waals surface area (Å²) in [6, 6.07) is 14.4. The molecule has 3 rings (SSSR count). The third kappa shape index (κ3) is 6.26. The van der Waals surface area contributed by atoms with Crippen LogP contribution in [-0.4, -0.2) is 43.7 Å². The minimum absolute atomic E-state index is 0.0103. The van der Waals surface area contributed by atoms with Crippen LogP contribution in [0.2, 0.25) is 0 Å². The summed E-state index contributed by atoms with van der Waals surface area (Å²) in [7, 11) is 2.99. The molecule has 0 aromatic heterocycles. The molecule has 0 heterocycles. The van der Waals surface area contributed by atoms with E-state index in [0.717, 1.165) is 37.0 Å². The second-order valence-corrected chi connectivity index (χ2v) is 8.31. The summed E-state index contributed by atoms with van der Waals surface area (Å²) in [6.07, 6.45) is 3.81. The Morgan fingerprint density at radius 1 is 1.06 bits per heavy atom. The Balaban J connectivity index is 1.68. The van der Waals surface area contributed by atoms with Crippen LogP contribution in [0.15, 0.2) is 48.5 Å². The van der Waals surface area contributed by atoms with Crippen LogP contribution in [0.3, 0.4) is 0 Å². The van der Waals surface area contributed by atoms with Crippen LogP contribution in [0.25, 0.3) is 0 Å². The summed E-state index contributed by atoms with van der Waals surface area (Å²) in [4.78, 5) is 31.1. The fourth-order valence-electron chi connectivity index (χ4n) is 4.35. The fourth-order valence-corrected chi connectivity index (χ4v) is 4.35. The Kier molecular flexibility index (Phi) is 8.72. The molecule has 2 aromatic carbocycles. The number of amides is 1. The Bertz CT molecular complexity index is 931. The lowest BCUT2D eigenvalue weighted by molar-refractivity contribution is -0.145. The van der Waals surface area contributed by atoms with Crippen molar-refractivity contribution in [3.05, 3.63) is 59.7 Å². The largest absolute Gasteiger partial charge is 0.497 e. The molecule has 0 aliphatic heterocycles. The summed E-state index contributed by atoms with van der Waals surface area (Å²) in [6.45, 7) is 4.65. The summed E-state index contributed by atoms with van der Waals surface area (Å²) in [5, 5.41) is 5.09. The Morgan fingerprint density at radius 3 is 2.42 bits per heavy atom. The maximum Gasteiger partial charge on any atom is 0.337 e. The molecule has 7 nitrogen and oxygen atoms in total. The number of hydroxylamine groups is 2. The first-order valence-corrected chi connectivity index (χ1v) is 11.5. The van der Waals surface area contributed by atoms with Crippen LogP contribution in [-0.2, 0) is 9.53 Å². The van der Waals surface area contributed by atoms with E-state index in [4.69, 9.17) is 14.3 Å². The maximum atomic E-state index is 13.3. The molecule has 0 spiro atoms. The van der Waals surface area contributed by atoms with E-state index in [-0.39, 0.29) is 29.9 Å². The number of ether oxygens (including phenoxy) is 2. The third-order valence-corrected chi connectivity index (χ3v) is 6.20. The maximum absolute atomic E-state index is 13.3. The van der Waals surface area contributed by atoms with E-state index in [1.54, 1.807) is 19.2 Å². The van der Waals surface area contributed by atoms with Crippen molar-refractivity contribution in [3.8, 4) is 11.5 Å². The van der Waals surface area contributed by atoms with Gasteiger partial charge in [0.15, 0.2) is 5.75 Å². The monoisotopic (exact) mass is 454 g/mol. The number of carbonyl (C=O) groups is 2. The number of hydrogen-bond acceptors (Lipinski definition) is 6. The van der Waals surface area contributed by atoms with Crippen LogP contribution in [0.4, 0.5) is 0 Å². The van der Waals surface area contributed by atoms with Gasteiger partial charge in [-0.15, -0.1) is 5.06 Å². The molecule has 33 heavy (non-hydrogen) atoms. The van der Waals surface area contributed by atoms with Crippen molar-refractivity contribution in [1.82, 2.24) is 10.4 Å². The lowest BCUT2D eigenvalue weighted by Crippen LogP contribution is -2.50. The highest BCUT2D eigenvalue weighted by Crippen LogP contribution is 2.31. The van der Waals surface area contributed by atoms with E-state index in [0.29, 0.717) is 17.9 Å². The molecule has 1 amide bonds. The summed E-state index contributed by atoms with van der Waals surface area (Å²) < 4.78 is 10.0. The SMILES string of the molecule is CCN(Oc1cccc(OC)c1)C1CCCCC1C(=O)N[C@@H](C)c1ccc(C(=O)OC)cc1. The highest BCUT2D eigenvalue weighted by molar-refractivity contribution is 5.89.